The molecule has 0 unspecified atom stereocenters. The second kappa shape index (κ2) is 5.20. The summed E-state index contributed by atoms with van der Waals surface area (Å²) < 4.78 is 25.8. The third-order valence-corrected chi connectivity index (χ3v) is 0. The Bertz CT molecular complexity index is 29.9. The monoisotopic (exact) mass is 162 g/mol. The summed E-state index contributed by atoms with van der Waals surface area (Å²) in [5.74, 6) is 0. The Morgan fingerprint density at radius 1 is 1.40 bits per heavy atom. The normalized spacial score (nSPS) is 4.80. The maximum atomic E-state index is 8.58. The van der Waals surface area contributed by atoms with Crippen molar-refractivity contribution in [1.29, 1.82) is 0 Å². The molecule has 5 heteroatoms. The Hall–Kier alpha value is 1.20. The molecule has 0 fully saturated rings. The summed E-state index contributed by atoms with van der Waals surface area (Å²) in [6.45, 7) is 0. The number of hydrogen-bond donors (Lipinski definition) is 0. The molecule has 0 amide bonds. The molecule has 0 saturated carbocycles. The first kappa shape index (κ1) is 9.51. The molecule has 0 aliphatic heterocycles. The van der Waals surface area contributed by atoms with Gasteiger partial charge in [0, 0.05) is 0 Å². The molecular weight excluding hydrogens is 161 g/mol. The van der Waals surface area contributed by atoms with Crippen molar-refractivity contribution in [1.82, 2.24) is 0 Å². The molecule has 0 aliphatic rings. The van der Waals surface area contributed by atoms with Crippen LogP contribution >= 0.6 is 0 Å². The van der Waals surface area contributed by atoms with Gasteiger partial charge in [-0.05, 0) is 0 Å². The first-order valence-corrected chi connectivity index (χ1v) is 3.18. The Kier molecular flexibility index (Phi) is 9.89. The standard InChI is InChI=1S/Ca.GeO3/c;2-1(3)4/q+2;-2. The molecule has 0 aliphatic carbocycles. The van der Waals surface area contributed by atoms with Gasteiger partial charge in [0.2, 0.25) is 0 Å². The summed E-state index contributed by atoms with van der Waals surface area (Å²) in [7, 11) is 0. The maximum absolute atomic E-state index is 8.58. The minimum absolute atomic E-state index is 0. The van der Waals surface area contributed by atoms with E-state index in [0.717, 1.165) is 0 Å². The molecule has 0 saturated heterocycles. The molecular formula is CaGeO3. The summed E-state index contributed by atoms with van der Waals surface area (Å²) >= 11 is -4.08. The van der Waals surface area contributed by atoms with Crippen LogP contribution in [0.15, 0.2) is 0 Å². The summed E-state index contributed by atoms with van der Waals surface area (Å²) in [5, 5.41) is 0. The van der Waals surface area contributed by atoms with E-state index < -0.39 is 15.0 Å². The fraction of sp³-hybridized carbons (Fsp3) is 0. The van der Waals surface area contributed by atoms with E-state index in [9.17, 15) is 0 Å². The van der Waals surface area contributed by atoms with Gasteiger partial charge in [0.25, 0.3) is 0 Å². The molecule has 0 bridgehead atoms. The second-order valence-corrected chi connectivity index (χ2v) is 1.30. The van der Waals surface area contributed by atoms with Crippen LogP contribution in [0.25, 0.3) is 0 Å². The van der Waals surface area contributed by atoms with Gasteiger partial charge in [-0.3, -0.25) is 0 Å². The molecule has 3 nitrogen and oxygen atoms in total. The molecule has 0 rings (SSSR count). The van der Waals surface area contributed by atoms with Gasteiger partial charge in [0.1, 0.15) is 0 Å². The third-order valence-electron chi connectivity index (χ3n) is 0. The van der Waals surface area contributed by atoms with Crippen molar-refractivity contribution in [3.8, 4) is 0 Å². The van der Waals surface area contributed by atoms with E-state index >= 15 is 0 Å². The van der Waals surface area contributed by atoms with E-state index in [-0.39, 0.29) is 37.7 Å². The average molecular weight is 161 g/mol. The predicted octanol–water partition coefficient (Wildman–Crippen LogP) is -3.26. The molecule has 0 aromatic rings. The van der Waals surface area contributed by atoms with E-state index in [4.69, 9.17) is 12.0 Å². The zero-order valence-corrected chi connectivity index (χ0v) is 6.74. The van der Waals surface area contributed by atoms with Crippen LogP contribution in [0.3, 0.4) is 0 Å². The summed E-state index contributed by atoms with van der Waals surface area (Å²) in [6.07, 6.45) is 0. The van der Waals surface area contributed by atoms with Gasteiger partial charge < -0.3 is 0 Å². The molecule has 0 N–H and O–H groups in total. The summed E-state index contributed by atoms with van der Waals surface area (Å²) in [6, 6.07) is 0. The van der Waals surface area contributed by atoms with Gasteiger partial charge in [0.15, 0.2) is 0 Å². The number of rotatable bonds is 0. The van der Waals surface area contributed by atoms with Crippen LogP contribution in [-0.2, 0) is 3.78 Å². The van der Waals surface area contributed by atoms with E-state index in [0.29, 0.717) is 0 Å². The fourth-order valence-electron chi connectivity index (χ4n) is 0. The minimum atomic E-state index is -4.08. The first-order valence-electron chi connectivity index (χ1n) is 0.612. The Balaban J connectivity index is 0. The zero-order valence-electron chi connectivity index (χ0n) is 2.43. The van der Waals surface area contributed by atoms with Gasteiger partial charge in [-0.1, -0.05) is 0 Å². The van der Waals surface area contributed by atoms with Gasteiger partial charge in [-0.25, -0.2) is 0 Å². The van der Waals surface area contributed by atoms with E-state index in [1.54, 1.807) is 0 Å². The molecule has 0 aromatic heterocycles. The van der Waals surface area contributed by atoms with Crippen LogP contribution < -0.4 is 8.27 Å². The van der Waals surface area contributed by atoms with Crippen molar-refractivity contribution in [3.63, 3.8) is 0 Å². The zero-order chi connectivity index (χ0) is 3.58. The molecule has 0 heterocycles. The topological polar surface area (TPSA) is 63.2 Å². The molecule has 24 valence electrons. The van der Waals surface area contributed by atoms with Crippen LogP contribution in [0.5, 0.6) is 0 Å². The van der Waals surface area contributed by atoms with Crippen LogP contribution in [-0.4, -0.2) is 52.7 Å². The van der Waals surface area contributed by atoms with Crippen LogP contribution in [0.4, 0.5) is 0 Å². The van der Waals surface area contributed by atoms with E-state index in [2.05, 4.69) is 0 Å². The first-order chi connectivity index (χ1) is 1.73. The van der Waals surface area contributed by atoms with Gasteiger partial charge in [-0.15, -0.1) is 0 Å². The predicted molar refractivity (Wildman–Crippen MR) is 12.2 cm³/mol. The van der Waals surface area contributed by atoms with Crippen molar-refractivity contribution in [2.24, 2.45) is 0 Å². The van der Waals surface area contributed by atoms with E-state index in [1.165, 1.54) is 0 Å². The van der Waals surface area contributed by atoms with Gasteiger partial charge in [-0.2, -0.15) is 0 Å². The number of hydrogen-bond acceptors (Lipinski definition) is 3. The van der Waals surface area contributed by atoms with Crippen molar-refractivity contribution < 1.29 is 12.0 Å². The van der Waals surface area contributed by atoms with Crippen molar-refractivity contribution in [2.75, 3.05) is 0 Å². The van der Waals surface area contributed by atoms with Crippen molar-refractivity contribution >= 4 is 52.7 Å². The SMILES string of the molecule is [Ca+2].[O]=[Ge]([O-])[O-]. The van der Waals surface area contributed by atoms with Gasteiger partial charge >= 0.3 is 64.7 Å². The summed E-state index contributed by atoms with van der Waals surface area (Å²) in [5.41, 5.74) is 0. The molecule has 0 radical (unpaired) electrons. The fourth-order valence-corrected chi connectivity index (χ4v) is 0. The average Bonchev–Trinajstić information content (AvgIpc) is 0.811. The third kappa shape index (κ3) is 36.9. The van der Waals surface area contributed by atoms with Crippen LogP contribution in [0.1, 0.15) is 0 Å². The summed E-state index contributed by atoms with van der Waals surface area (Å²) in [4.78, 5) is 0. The Morgan fingerprint density at radius 3 is 1.40 bits per heavy atom. The quantitative estimate of drug-likeness (QED) is 0.350. The van der Waals surface area contributed by atoms with Gasteiger partial charge in [0.05, 0.1) is 0 Å². The van der Waals surface area contributed by atoms with Crippen molar-refractivity contribution in [2.45, 2.75) is 0 Å². The Morgan fingerprint density at radius 2 is 1.40 bits per heavy atom. The van der Waals surface area contributed by atoms with E-state index in [1.807, 2.05) is 0 Å². The van der Waals surface area contributed by atoms with Crippen LogP contribution in [0.2, 0.25) is 0 Å². The Labute approximate surface area is 64.0 Å². The molecule has 5 heavy (non-hydrogen) atoms. The molecule has 0 aromatic carbocycles. The molecule has 0 atom stereocenters. The van der Waals surface area contributed by atoms with Crippen LogP contribution in [0, 0.1) is 0 Å². The molecule has 0 spiro atoms. The van der Waals surface area contributed by atoms with Crippen molar-refractivity contribution in [3.05, 3.63) is 0 Å². The second-order valence-electron chi connectivity index (χ2n) is 0.250.